The van der Waals surface area contributed by atoms with E-state index in [1.54, 1.807) is 18.5 Å². The van der Waals surface area contributed by atoms with Gasteiger partial charge in [-0.1, -0.05) is 11.6 Å². The van der Waals surface area contributed by atoms with Crippen molar-refractivity contribution >= 4 is 31.5 Å². The van der Waals surface area contributed by atoms with Crippen molar-refractivity contribution in [2.45, 2.75) is 16.3 Å². The first kappa shape index (κ1) is 16.0. The Hall–Kier alpha value is -1.35. The van der Waals surface area contributed by atoms with E-state index in [0.29, 0.717) is 0 Å². The van der Waals surface area contributed by atoms with Crippen LogP contribution in [0.3, 0.4) is 0 Å². The zero-order chi connectivity index (χ0) is 15.7. The van der Waals surface area contributed by atoms with E-state index < -0.39 is 19.9 Å². The van der Waals surface area contributed by atoms with Crippen LogP contribution in [0.4, 0.5) is 0 Å². The summed E-state index contributed by atoms with van der Waals surface area (Å²) in [6, 6.07) is 5.29. The van der Waals surface area contributed by atoms with Gasteiger partial charge in [-0.25, -0.2) is 21.6 Å². The molecule has 0 spiro atoms. The van der Waals surface area contributed by atoms with E-state index in [2.05, 4.69) is 9.71 Å². The number of hydrogen-bond donors (Lipinski definition) is 2. The molecule has 0 aliphatic heterocycles. The average Bonchev–Trinajstić information content (AvgIpc) is 2.88. The van der Waals surface area contributed by atoms with Gasteiger partial charge in [-0.3, -0.25) is 0 Å². The normalized spacial score (nSPS) is 12.5. The van der Waals surface area contributed by atoms with E-state index in [1.807, 2.05) is 0 Å². The van der Waals surface area contributed by atoms with Crippen molar-refractivity contribution in [1.82, 2.24) is 9.71 Å². The van der Waals surface area contributed by atoms with Gasteiger partial charge in [0.1, 0.15) is 4.90 Å². The first-order chi connectivity index (χ1) is 9.70. The van der Waals surface area contributed by atoms with Crippen LogP contribution >= 0.6 is 11.6 Å². The lowest BCUT2D eigenvalue weighted by molar-refractivity contribution is 0.581. The molecule has 2 aromatic rings. The molecule has 0 saturated carbocycles. The molecule has 0 aliphatic rings. The van der Waals surface area contributed by atoms with Crippen molar-refractivity contribution in [2.75, 3.05) is 6.26 Å². The Labute approximate surface area is 128 Å². The molecule has 1 aromatic carbocycles. The molecule has 0 fully saturated rings. The van der Waals surface area contributed by atoms with E-state index >= 15 is 0 Å². The second-order valence-corrected chi connectivity index (χ2v) is 8.57. The minimum absolute atomic E-state index is 0.0380. The zero-order valence-electron chi connectivity index (χ0n) is 11.0. The number of hydrogen-bond acceptors (Lipinski definition) is 4. The van der Waals surface area contributed by atoms with Gasteiger partial charge in [-0.05, 0) is 29.8 Å². The summed E-state index contributed by atoms with van der Waals surface area (Å²) in [5.74, 6) is 0. The molecule has 0 aliphatic carbocycles. The quantitative estimate of drug-likeness (QED) is 0.856. The van der Waals surface area contributed by atoms with Crippen molar-refractivity contribution < 1.29 is 16.8 Å². The fourth-order valence-electron chi connectivity index (χ4n) is 1.64. The lowest BCUT2D eigenvalue weighted by atomic mass is 10.4. The highest BCUT2D eigenvalue weighted by Crippen LogP contribution is 2.24. The van der Waals surface area contributed by atoms with E-state index in [4.69, 9.17) is 11.6 Å². The SMILES string of the molecule is CS(=O)(=O)c1ccc(Cl)c(S(=O)(=O)NCc2cc[nH]c2)c1. The third kappa shape index (κ3) is 3.85. The molecule has 2 rings (SSSR count). The second kappa shape index (κ2) is 5.80. The van der Waals surface area contributed by atoms with Crippen molar-refractivity contribution in [2.24, 2.45) is 0 Å². The summed E-state index contributed by atoms with van der Waals surface area (Å²) >= 11 is 5.87. The lowest BCUT2D eigenvalue weighted by Crippen LogP contribution is -2.23. The third-order valence-corrected chi connectivity index (χ3v) is 5.74. The number of halogens is 1. The smallest absolute Gasteiger partial charge is 0.242 e. The molecule has 0 amide bonds. The molecular formula is C12H13ClN2O4S2. The van der Waals surface area contributed by atoms with Crippen LogP contribution in [-0.2, 0) is 26.4 Å². The zero-order valence-corrected chi connectivity index (χ0v) is 13.4. The molecule has 114 valence electrons. The van der Waals surface area contributed by atoms with Crippen molar-refractivity contribution in [1.29, 1.82) is 0 Å². The molecule has 0 radical (unpaired) electrons. The topological polar surface area (TPSA) is 96.1 Å². The van der Waals surface area contributed by atoms with Crippen LogP contribution < -0.4 is 4.72 Å². The molecule has 0 bridgehead atoms. The Morgan fingerprint density at radius 3 is 2.48 bits per heavy atom. The fourth-order valence-corrected chi connectivity index (χ4v) is 3.91. The number of sulfone groups is 1. The molecule has 0 unspecified atom stereocenters. The highest BCUT2D eigenvalue weighted by molar-refractivity contribution is 7.91. The maximum absolute atomic E-state index is 12.2. The van der Waals surface area contributed by atoms with Gasteiger partial charge in [0.25, 0.3) is 0 Å². The summed E-state index contributed by atoms with van der Waals surface area (Å²) in [6.07, 6.45) is 4.32. The number of rotatable bonds is 5. The predicted octanol–water partition coefficient (Wildman–Crippen LogP) is 1.55. The molecule has 9 heteroatoms. The number of nitrogens with one attached hydrogen (secondary N) is 2. The Kier molecular flexibility index (Phi) is 4.43. The minimum Gasteiger partial charge on any atom is -0.367 e. The van der Waals surface area contributed by atoms with Crippen LogP contribution in [0.2, 0.25) is 5.02 Å². The second-order valence-electron chi connectivity index (χ2n) is 4.41. The highest BCUT2D eigenvalue weighted by Gasteiger charge is 2.20. The van der Waals surface area contributed by atoms with Gasteiger partial charge in [-0.2, -0.15) is 0 Å². The van der Waals surface area contributed by atoms with Gasteiger partial charge in [-0.15, -0.1) is 0 Å². The van der Waals surface area contributed by atoms with E-state index in [1.165, 1.54) is 12.1 Å². The summed E-state index contributed by atoms with van der Waals surface area (Å²) in [6.45, 7) is 0.0747. The first-order valence-electron chi connectivity index (χ1n) is 5.81. The van der Waals surface area contributed by atoms with E-state index in [0.717, 1.165) is 17.9 Å². The molecule has 6 nitrogen and oxygen atoms in total. The van der Waals surface area contributed by atoms with Gasteiger partial charge in [0, 0.05) is 25.2 Å². The first-order valence-corrected chi connectivity index (χ1v) is 9.56. The van der Waals surface area contributed by atoms with Gasteiger partial charge in [0.15, 0.2) is 9.84 Å². The predicted molar refractivity (Wildman–Crippen MR) is 79.4 cm³/mol. The van der Waals surface area contributed by atoms with E-state index in [-0.39, 0.29) is 21.4 Å². The van der Waals surface area contributed by atoms with Gasteiger partial charge in [0.05, 0.1) is 9.92 Å². The number of sulfonamides is 1. The number of benzene rings is 1. The summed E-state index contributed by atoms with van der Waals surface area (Å²) < 4.78 is 49.8. The average molecular weight is 349 g/mol. The molecule has 21 heavy (non-hydrogen) atoms. The number of aromatic amines is 1. The molecular weight excluding hydrogens is 336 g/mol. The standard InChI is InChI=1S/C12H13ClN2O4S2/c1-20(16,17)10-2-3-11(13)12(6-10)21(18,19)15-8-9-4-5-14-7-9/h2-7,14-15H,8H2,1H3. The minimum atomic E-state index is -3.91. The van der Waals surface area contributed by atoms with Gasteiger partial charge < -0.3 is 4.98 Å². The van der Waals surface area contributed by atoms with E-state index in [9.17, 15) is 16.8 Å². The van der Waals surface area contributed by atoms with Crippen LogP contribution in [0.5, 0.6) is 0 Å². The largest absolute Gasteiger partial charge is 0.367 e. The molecule has 1 heterocycles. The maximum atomic E-state index is 12.2. The fraction of sp³-hybridized carbons (Fsp3) is 0.167. The highest BCUT2D eigenvalue weighted by atomic mass is 35.5. The van der Waals surface area contributed by atoms with Gasteiger partial charge >= 0.3 is 0 Å². The lowest BCUT2D eigenvalue weighted by Gasteiger charge is -2.09. The Morgan fingerprint density at radius 1 is 1.19 bits per heavy atom. The Balaban J connectivity index is 2.35. The summed E-state index contributed by atoms with van der Waals surface area (Å²) in [7, 11) is -7.43. The van der Waals surface area contributed by atoms with Crippen molar-refractivity contribution in [3.05, 3.63) is 47.2 Å². The monoisotopic (exact) mass is 348 g/mol. The van der Waals surface area contributed by atoms with Crippen molar-refractivity contribution in [3.63, 3.8) is 0 Å². The summed E-state index contributed by atoms with van der Waals surface area (Å²) in [4.78, 5) is 2.44. The number of aromatic nitrogens is 1. The van der Waals surface area contributed by atoms with Crippen LogP contribution in [-0.4, -0.2) is 28.1 Å². The number of H-pyrrole nitrogens is 1. The van der Waals surface area contributed by atoms with Crippen LogP contribution in [0.25, 0.3) is 0 Å². The molecule has 0 saturated heterocycles. The molecule has 1 aromatic heterocycles. The third-order valence-electron chi connectivity index (χ3n) is 2.75. The Morgan fingerprint density at radius 2 is 1.90 bits per heavy atom. The van der Waals surface area contributed by atoms with Crippen LogP contribution in [0.1, 0.15) is 5.56 Å². The maximum Gasteiger partial charge on any atom is 0.242 e. The van der Waals surface area contributed by atoms with Crippen LogP contribution in [0, 0.1) is 0 Å². The van der Waals surface area contributed by atoms with Crippen LogP contribution in [0.15, 0.2) is 46.5 Å². The summed E-state index contributed by atoms with van der Waals surface area (Å²) in [5.41, 5.74) is 0.744. The molecule has 2 N–H and O–H groups in total. The van der Waals surface area contributed by atoms with Gasteiger partial charge in [0.2, 0.25) is 10.0 Å². The Bertz CT molecular complexity index is 843. The molecule has 0 atom stereocenters. The summed E-state index contributed by atoms with van der Waals surface area (Å²) in [5, 5.41) is -0.0380. The van der Waals surface area contributed by atoms with Crippen molar-refractivity contribution in [3.8, 4) is 0 Å².